The van der Waals surface area contributed by atoms with Crippen LogP contribution >= 0.6 is 0 Å². The molecule has 82 valence electrons. The Bertz CT molecular complexity index is 339. The zero-order valence-electron chi connectivity index (χ0n) is 8.47. The molecule has 1 fully saturated rings. The second-order valence-electron chi connectivity index (χ2n) is 3.21. The van der Waals surface area contributed by atoms with Crippen molar-refractivity contribution in [3.63, 3.8) is 0 Å². The number of aromatic nitrogens is 2. The predicted molar refractivity (Wildman–Crippen MR) is 52.8 cm³/mol. The molecule has 15 heavy (non-hydrogen) atoms. The number of hydrogen-bond donors (Lipinski definition) is 1. The summed E-state index contributed by atoms with van der Waals surface area (Å²) in [5.74, 6) is 0.967. The molecule has 2 rings (SSSR count). The van der Waals surface area contributed by atoms with Crippen LogP contribution < -0.4 is 15.2 Å². The third-order valence-corrected chi connectivity index (χ3v) is 2.08. The Morgan fingerprint density at radius 2 is 2.27 bits per heavy atom. The molecule has 6 nitrogen and oxygen atoms in total. The van der Waals surface area contributed by atoms with Crippen LogP contribution in [0.3, 0.4) is 0 Å². The third kappa shape index (κ3) is 2.47. The summed E-state index contributed by atoms with van der Waals surface area (Å²) in [6, 6.07) is 1.61. The van der Waals surface area contributed by atoms with Gasteiger partial charge in [-0.2, -0.15) is 9.97 Å². The molecule has 6 heteroatoms. The van der Waals surface area contributed by atoms with Crippen LogP contribution in [0.5, 0.6) is 11.8 Å². The van der Waals surface area contributed by atoms with Crippen molar-refractivity contribution in [2.45, 2.75) is 12.5 Å². The molecule has 0 radical (unpaired) electrons. The van der Waals surface area contributed by atoms with Gasteiger partial charge in [-0.1, -0.05) is 0 Å². The van der Waals surface area contributed by atoms with Crippen molar-refractivity contribution < 1.29 is 14.2 Å². The quantitative estimate of drug-likeness (QED) is 0.771. The van der Waals surface area contributed by atoms with Gasteiger partial charge in [0, 0.05) is 6.42 Å². The maximum Gasteiger partial charge on any atom is 0.226 e. The monoisotopic (exact) mass is 211 g/mol. The first-order valence-corrected chi connectivity index (χ1v) is 4.71. The fraction of sp³-hybridized carbons (Fsp3) is 0.556. The lowest BCUT2D eigenvalue weighted by Gasteiger charge is -2.11. The van der Waals surface area contributed by atoms with Crippen molar-refractivity contribution in [1.29, 1.82) is 0 Å². The zero-order valence-corrected chi connectivity index (χ0v) is 8.47. The average molecular weight is 211 g/mol. The number of hydrogen-bond acceptors (Lipinski definition) is 6. The van der Waals surface area contributed by atoms with Crippen LogP contribution in [0.4, 0.5) is 5.95 Å². The van der Waals surface area contributed by atoms with Crippen molar-refractivity contribution in [3.8, 4) is 11.8 Å². The molecule has 1 aliphatic heterocycles. The van der Waals surface area contributed by atoms with E-state index in [-0.39, 0.29) is 12.1 Å². The van der Waals surface area contributed by atoms with E-state index in [2.05, 4.69) is 9.97 Å². The molecule has 1 unspecified atom stereocenters. The van der Waals surface area contributed by atoms with E-state index in [0.29, 0.717) is 18.4 Å². The van der Waals surface area contributed by atoms with Gasteiger partial charge < -0.3 is 19.9 Å². The molecule has 0 spiro atoms. The van der Waals surface area contributed by atoms with Crippen LogP contribution in [-0.2, 0) is 4.74 Å². The average Bonchev–Trinajstić information content (AvgIpc) is 2.69. The molecule has 0 amide bonds. The van der Waals surface area contributed by atoms with Crippen LogP contribution in [0.1, 0.15) is 6.42 Å². The maximum absolute atomic E-state index is 5.56. The number of rotatable bonds is 3. The normalized spacial score (nSPS) is 20.2. The highest BCUT2D eigenvalue weighted by Crippen LogP contribution is 2.19. The lowest BCUT2D eigenvalue weighted by molar-refractivity contribution is 0.137. The third-order valence-electron chi connectivity index (χ3n) is 2.08. The Morgan fingerprint density at radius 3 is 2.93 bits per heavy atom. The Morgan fingerprint density at radius 1 is 1.47 bits per heavy atom. The van der Waals surface area contributed by atoms with E-state index in [0.717, 1.165) is 13.0 Å². The summed E-state index contributed by atoms with van der Waals surface area (Å²) in [5.41, 5.74) is 5.50. The fourth-order valence-corrected chi connectivity index (χ4v) is 1.36. The number of nitrogens with two attached hydrogens (primary N) is 1. The van der Waals surface area contributed by atoms with Gasteiger partial charge in [-0.15, -0.1) is 0 Å². The van der Waals surface area contributed by atoms with Crippen molar-refractivity contribution >= 4 is 5.95 Å². The van der Waals surface area contributed by atoms with Gasteiger partial charge in [0.25, 0.3) is 0 Å². The Balaban J connectivity index is 2.09. The van der Waals surface area contributed by atoms with Gasteiger partial charge in [0.2, 0.25) is 17.7 Å². The first kappa shape index (κ1) is 9.97. The van der Waals surface area contributed by atoms with Gasteiger partial charge in [-0.05, 0) is 0 Å². The molecule has 0 aromatic carbocycles. The standard InChI is InChI=1S/C9H13N3O3/c1-13-7-4-8(12-9(10)11-7)15-6-2-3-14-5-6/h4,6H,2-3,5H2,1H3,(H2,10,11,12). The predicted octanol–water partition coefficient (Wildman–Crippen LogP) is 0.235. The molecule has 0 bridgehead atoms. The second kappa shape index (κ2) is 4.31. The van der Waals surface area contributed by atoms with Gasteiger partial charge in [0.15, 0.2) is 0 Å². The van der Waals surface area contributed by atoms with E-state index < -0.39 is 0 Å². The molecule has 1 atom stereocenters. The molecule has 1 aliphatic rings. The van der Waals surface area contributed by atoms with Crippen molar-refractivity contribution in [2.24, 2.45) is 0 Å². The van der Waals surface area contributed by atoms with Gasteiger partial charge >= 0.3 is 0 Å². The topological polar surface area (TPSA) is 79.5 Å². The molecule has 1 saturated heterocycles. The van der Waals surface area contributed by atoms with E-state index in [1.165, 1.54) is 7.11 Å². The molecular weight excluding hydrogens is 198 g/mol. The van der Waals surface area contributed by atoms with E-state index in [9.17, 15) is 0 Å². The zero-order chi connectivity index (χ0) is 10.7. The van der Waals surface area contributed by atoms with Gasteiger partial charge in [0.1, 0.15) is 6.10 Å². The molecule has 0 saturated carbocycles. The summed E-state index contributed by atoms with van der Waals surface area (Å²) in [6.07, 6.45) is 0.913. The van der Waals surface area contributed by atoms with E-state index in [4.69, 9.17) is 19.9 Å². The lowest BCUT2D eigenvalue weighted by Crippen LogP contribution is -2.17. The van der Waals surface area contributed by atoms with E-state index in [1.54, 1.807) is 6.07 Å². The number of methoxy groups -OCH3 is 1. The SMILES string of the molecule is COc1cc(OC2CCOC2)nc(N)n1. The van der Waals surface area contributed by atoms with Crippen molar-refractivity contribution in [3.05, 3.63) is 6.07 Å². The fourth-order valence-electron chi connectivity index (χ4n) is 1.36. The van der Waals surface area contributed by atoms with Crippen LogP contribution in [-0.4, -0.2) is 36.4 Å². The molecule has 1 aromatic rings. The molecule has 2 N–H and O–H groups in total. The van der Waals surface area contributed by atoms with E-state index in [1.807, 2.05) is 0 Å². The van der Waals surface area contributed by atoms with Crippen molar-refractivity contribution in [1.82, 2.24) is 9.97 Å². The molecule has 0 aliphatic carbocycles. The second-order valence-corrected chi connectivity index (χ2v) is 3.21. The van der Waals surface area contributed by atoms with Gasteiger partial charge in [-0.25, -0.2) is 0 Å². The largest absolute Gasteiger partial charge is 0.481 e. The summed E-state index contributed by atoms with van der Waals surface area (Å²) in [5, 5.41) is 0. The maximum atomic E-state index is 5.56. The van der Waals surface area contributed by atoms with E-state index >= 15 is 0 Å². The first-order chi connectivity index (χ1) is 7.28. The van der Waals surface area contributed by atoms with Crippen LogP contribution in [0.15, 0.2) is 6.07 Å². The first-order valence-electron chi connectivity index (χ1n) is 4.71. The summed E-state index contributed by atoms with van der Waals surface area (Å²) < 4.78 is 15.7. The molecular formula is C9H13N3O3. The number of ether oxygens (including phenoxy) is 3. The smallest absolute Gasteiger partial charge is 0.226 e. The minimum atomic E-state index is 0.0454. The summed E-state index contributed by atoms with van der Waals surface area (Å²) >= 11 is 0. The summed E-state index contributed by atoms with van der Waals surface area (Å²) in [7, 11) is 1.52. The van der Waals surface area contributed by atoms with Crippen LogP contribution in [0.25, 0.3) is 0 Å². The Kier molecular flexibility index (Phi) is 2.86. The number of nitrogen functional groups attached to an aromatic ring is 1. The Hall–Kier alpha value is -1.56. The Labute approximate surface area is 87.4 Å². The van der Waals surface area contributed by atoms with Crippen LogP contribution in [0, 0.1) is 0 Å². The minimum Gasteiger partial charge on any atom is -0.481 e. The number of anilines is 1. The summed E-state index contributed by atoms with van der Waals surface area (Å²) in [6.45, 7) is 1.31. The molecule has 1 aromatic heterocycles. The molecule has 2 heterocycles. The highest BCUT2D eigenvalue weighted by atomic mass is 16.5. The van der Waals surface area contributed by atoms with Gasteiger partial charge in [0.05, 0.1) is 26.4 Å². The van der Waals surface area contributed by atoms with Crippen LogP contribution in [0.2, 0.25) is 0 Å². The highest BCUT2D eigenvalue weighted by Gasteiger charge is 2.18. The highest BCUT2D eigenvalue weighted by molar-refractivity contribution is 5.29. The lowest BCUT2D eigenvalue weighted by atomic mass is 10.3. The summed E-state index contributed by atoms with van der Waals surface area (Å²) in [4.78, 5) is 7.81. The van der Waals surface area contributed by atoms with Gasteiger partial charge in [-0.3, -0.25) is 0 Å². The van der Waals surface area contributed by atoms with Crippen molar-refractivity contribution in [2.75, 3.05) is 26.1 Å². The minimum absolute atomic E-state index is 0.0454. The number of nitrogens with zero attached hydrogens (tertiary/aromatic N) is 2.